The first-order valence-electron chi connectivity index (χ1n) is 6.89. The van der Waals surface area contributed by atoms with Crippen LogP contribution in [0.1, 0.15) is 32.5 Å². The SMILES string of the molecule is Cc1nccc(NC(=O)N2CCC(O)CC(C)(C)C2)n1. The molecule has 2 N–H and O–H groups in total. The number of urea groups is 1. The van der Waals surface area contributed by atoms with Gasteiger partial charge in [-0.25, -0.2) is 14.8 Å². The second-order valence-electron chi connectivity index (χ2n) is 6.15. The van der Waals surface area contributed by atoms with Gasteiger partial charge >= 0.3 is 6.03 Å². The molecule has 1 atom stereocenters. The first kappa shape index (κ1) is 14.7. The Morgan fingerprint density at radius 2 is 2.30 bits per heavy atom. The molecule has 20 heavy (non-hydrogen) atoms. The molecule has 0 saturated carbocycles. The summed E-state index contributed by atoms with van der Waals surface area (Å²) < 4.78 is 0. The van der Waals surface area contributed by atoms with E-state index in [1.54, 1.807) is 24.1 Å². The Kier molecular flexibility index (Phi) is 4.23. The fourth-order valence-corrected chi connectivity index (χ4v) is 2.59. The van der Waals surface area contributed by atoms with Crippen LogP contribution in [0.15, 0.2) is 12.3 Å². The van der Waals surface area contributed by atoms with Crippen molar-refractivity contribution in [3.8, 4) is 0 Å². The number of amides is 2. The van der Waals surface area contributed by atoms with Crippen LogP contribution in [0.25, 0.3) is 0 Å². The fourth-order valence-electron chi connectivity index (χ4n) is 2.59. The predicted molar refractivity (Wildman–Crippen MR) is 76.4 cm³/mol. The van der Waals surface area contributed by atoms with E-state index in [2.05, 4.69) is 29.1 Å². The number of aliphatic hydroxyl groups is 1. The Balaban J connectivity index is 2.04. The lowest BCUT2D eigenvalue weighted by Gasteiger charge is -2.29. The molecule has 0 bridgehead atoms. The number of aliphatic hydroxyl groups excluding tert-OH is 1. The maximum atomic E-state index is 12.3. The molecule has 0 aliphatic carbocycles. The summed E-state index contributed by atoms with van der Waals surface area (Å²) in [5.41, 5.74) is -0.0884. The number of hydrogen-bond acceptors (Lipinski definition) is 4. The summed E-state index contributed by atoms with van der Waals surface area (Å²) in [5, 5.41) is 12.7. The normalized spacial score (nSPS) is 22.2. The Morgan fingerprint density at radius 1 is 1.55 bits per heavy atom. The van der Waals surface area contributed by atoms with Gasteiger partial charge in [-0.2, -0.15) is 0 Å². The molecular weight excluding hydrogens is 256 g/mol. The van der Waals surface area contributed by atoms with Gasteiger partial charge in [0, 0.05) is 19.3 Å². The van der Waals surface area contributed by atoms with Crippen molar-refractivity contribution in [3.63, 3.8) is 0 Å². The van der Waals surface area contributed by atoms with Gasteiger partial charge in [-0.3, -0.25) is 5.32 Å². The second-order valence-corrected chi connectivity index (χ2v) is 6.15. The number of aryl methyl sites for hydroxylation is 1. The summed E-state index contributed by atoms with van der Waals surface area (Å²) in [6, 6.07) is 1.49. The van der Waals surface area contributed by atoms with Gasteiger partial charge in [0.2, 0.25) is 0 Å². The number of rotatable bonds is 1. The van der Waals surface area contributed by atoms with Crippen LogP contribution in [-0.4, -0.2) is 45.2 Å². The Bertz CT molecular complexity index is 490. The highest BCUT2D eigenvalue weighted by molar-refractivity contribution is 5.88. The van der Waals surface area contributed by atoms with E-state index in [4.69, 9.17) is 0 Å². The highest BCUT2D eigenvalue weighted by atomic mass is 16.3. The Labute approximate surface area is 119 Å². The van der Waals surface area contributed by atoms with Crippen LogP contribution >= 0.6 is 0 Å². The minimum absolute atomic E-state index is 0.0884. The topological polar surface area (TPSA) is 78.4 Å². The minimum Gasteiger partial charge on any atom is -0.393 e. The van der Waals surface area contributed by atoms with Gasteiger partial charge in [-0.1, -0.05) is 13.8 Å². The van der Waals surface area contributed by atoms with Gasteiger partial charge in [-0.05, 0) is 31.2 Å². The number of carbonyl (C=O) groups excluding carboxylic acids is 1. The number of aromatic nitrogens is 2. The van der Waals surface area contributed by atoms with Crippen molar-refractivity contribution >= 4 is 11.8 Å². The van der Waals surface area contributed by atoms with Crippen LogP contribution in [-0.2, 0) is 0 Å². The zero-order valence-corrected chi connectivity index (χ0v) is 12.3. The lowest BCUT2D eigenvalue weighted by Crippen LogP contribution is -2.40. The smallest absolute Gasteiger partial charge is 0.323 e. The Hall–Kier alpha value is -1.69. The molecule has 1 aliphatic rings. The third kappa shape index (κ3) is 3.90. The third-order valence-electron chi connectivity index (χ3n) is 3.44. The van der Waals surface area contributed by atoms with E-state index in [-0.39, 0.29) is 17.6 Å². The average Bonchev–Trinajstić information content (AvgIpc) is 2.46. The van der Waals surface area contributed by atoms with Gasteiger partial charge in [0.05, 0.1) is 6.10 Å². The zero-order chi connectivity index (χ0) is 14.8. The highest BCUT2D eigenvalue weighted by Gasteiger charge is 2.31. The maximum absolute atomic E-state index is 12.3. The van der Waals surface area contributed by atoms with Crippen molar-refractivity contribution in [2.45, 2.75) is 39.7 Å². The van der Waals surface area contributed by atoms with Crippen molar-refractivity contribution in [1.82, 2.24) is 14.9 Å². The first-order chi connectivity index (χ1) is 9.35. The highest BCUT2D eigenvalue weighted by Crippen LogP contribution is 2.28. The van der Waals surface area contributed by atoms with E-state index in [1.165, 1.54) is 0 Å². The van der Waals surface area contributed by atoms with Gasteiger partial charge in [0.1, 0.15) is 11.6 Å². The first-order valence-corrected chi connectivity index (χ1v) is 6.89. The van der Waals surface area contributed by atoms with E-state index in [0.29, 0.717) is 37.6 Å². The summed E-state index contributed by atoms with van der Waals surface area (Å²) in [6.07, 6.45) is 2.60. The molecule has 110 valence electrons. The molecule has 6 nitrogen and oxygen atoms in total. The van der Waals surface area contributed by atoms with E-state index < -0.39 is 0 Å². The summed E-state index contributed by atoms with van der Waals surface area (Å²) in [7, 11) is 0. The zero-order valence-electron chi connectivity index (χ0n) is 12.3. The summed E-state index contributed by atoms with van der Waals surface area (Å²) in [6.45, 7) is 7.09. The molecule has 1 unspecified atom stereocenters. The van der Waals surface area contributed by atoms with Crippen molar-refractivity contribution < 1.29 is 9.90 Å². The van der Waals surface area contributed by atoms with Crippen molar-refractivity contribution in [1.29, 1.82) is 0 Å². The van der Waals surface area contributed by atoms with Crippen molar-refractivity contribution in [3.05, 3.63) is 18.1 Å². The molecule has 1 saturated heterocycles. The third-order valence-corrected chi connectivity index (χ3v) is 3.44. The van der Waals surface area contributed by atoms with Crippen molar-refractivity contribution in [2.24, 2.45) is 5.41 Å². The summed E-state index contributed by atoms with van der Waals surface area (Å²) >= 11 is 0. The van der Waals surface area contributed by atoms with E-state index in [1.807, 2.05) is 0 Å². The molecule has 2 heterocycles. The van der Waals surface area contributed by atoms with Gasteiger partial charge in [0.15, 0.2) is 0 Å². The standard InChI is InChI=1S/C14H22N4O2/c1-10-15-6-4-12(16-10)17-13(20)18-7-5-11(19)8-14(2,3)9-18/h4,6,11,19H,5,7-9H2,1-3H3,(H,15,16,17,20). The van der Waals surface area contributed by atoms with Crippen LogP contribution < -0.4 is 5.32 Å². The molecule has 1 aromatic heterocycles. The van der Waals surface area contributed by atoms with Gasteiger partial charge < -0.3 is 10.0 Å². The lowest BCUT2D eigenvalue weighted by atomic mass is 9.87. The molecule has 6 heteroatoms. The molecule has 1 aromatic rings. The molecule has 2 amide bonds. The molecule has 0 aromatic carbocycles. The number of carbonyl (C=O) groups is 1. The van der Waals surface area contributed by atoms with Crippen LogP contribution in [0.4, 0.5) is 10.6 Å². The molecular formula is C14H22N4O2. The number of hydrogen-bond donors (Lipinski definition) is 2. The predicted octanol–water partition coefficient (Wildman–Crippen LogP) is 1.80. The average molecular weight is 278 g/mol. The van der Waals surface area contributed by atoms with Gasteiger partial charge in [-0.15, -0.1) is 0 Å². The molecule has 0 spiro atoms. The molecule has 1 fully saturated rings. The van der Waals surface area contributed by atoms with Crippen molar-refractivity contribution in [2.75, 3.05) is 18.4 Å². The number of nitrogens with one attached hydrogen (secondary N) is 1. The number of likely N-dealkylation sites (tertiary alicyclic amines) is 1. The molecule has 0 radical (unpaired) electrons. The quantitative estimate of drug-likeness (QED) is 0.821. The van der Waals surface area contributed by atoms with E-state index >= 15 is 0 Å². The minimum atomic E-state index is -0.343. The lowest BCUT2D eigenvalue weighted by molar-refractivity contribution is 0.122. The van der Waals surface area contributed by atoms with E-state index in [0.717, 1.165) is 0 Å². The summed E-state index contributed by atoms with van der Waals surface area (Å²) in [5.74, 6) is 1.12. The molecule has 1 aliphatic heterocycles. The van der Waals surface area contributed by atoms with Crippen LogP contribution in [0.5, 0.6) is 0 Å². The van der Waals surface area contributed by atoms with Crippen LogP contribution in [0.3, 0.4) is 0 Å². The second kappa shape index (κ2) is 5.75. The fraction of sp³-hybridized carbons (Fsp3) is 0.643. The number of anilines is 1. The molecule has 2 rings (SSSR count). The van der Waals surface area contributed by atoms with Gasteiger partial charge in [0.25, 0.3) is 0 Å². The Morgan fingerprint density at radius 3 is 3.00 bits per heavy atom. The monoisotopic (exact) mass is 278 g/mol. The largest absolute Gasteiger partial charge is 0.393 e. The van der Waals surface area contributed by atoms with Crippen LogP contribution in [0, 0.1) is 12.3 Å². The number of nitrogens with zero attached hydrogens (tertiary/aromatic N) is 3. The maximum Gasteiger partial charge on any atom is 0.323 e. The van der Waals surface area contributed by atoms with Crippen LogP contribution in [0.2, 0.25) is 0 Å². The summed E-state index contributed by atoms with van der Waals surface area (Å²) in [4.78, 5) is 22.2. The van der Waals surface area contributed by atoms with E-state index in [9.17, 15) is 9.90 Å².